The number of hydrogen-bond acceptors (Lipinski definition) is 3. The molecule has 3 unspecified atom stereocenters. The fourth-order valence-corrected chi connectivity index (χ4v) is 3.16. The van der Waals surface area contributed by atoms with Crippen LogP contribution in [0.3, 0.4) is 0 Å². The van der Waals surface area contributed by atoms with Crippen molar-refractivity contribution < 1.29 is 9.53 Å². The van der Waals surface area contributed by atoms with Crippen molar-refractivity contribution >= 4 is 11.6 Å². The summed E-state index contributed by atoms with van der Waals surface area (Å²) in [5.74, 6) is 1.90. The van der Waals surface area contributed by atoms with Gasteiger partial charge in [-0.25, -0.2) is 0 Å². The average Bonchev–Trinajstić information content (AvgIpc) is 2.78. The third-order valence-electron chi connectivity index (χ3n) is 4.71. The van der Waals surface area contributed by atoms with Gasteiger partial charge in [0.15, 0.2) is 5.75 Å². The highest BCUT2D eigenvalue weighted by Gasteiger charge is 2.31. The molecule has 2 aliphatic rings. The van der Waals surface area contributed by atoms with Crippen LogP contribution in [-0.4, -0.2) is 25.1 Å². The van der Waals surface area contributed by atoms with Gasteiger partial charge >= 0.3 is 0 Å². The maximum absolute atomic E-state index is 12.5. The summed E-state index contributed by atoms with van der Waals surface area (Å²) in [4.78, 5) is 12.5. The van der Waals surface area contributed by atoms with E-state index in [1.165, 1.54) is 6.42 Å². The lowest BCUT2D eigenvalue weighted by molar-refractivity contribution is 0.0923. The molecule has 0 spiro atoms. The van der Waals surface area contributed by atoms with Gasteiger partial charge in [-0.1, -0.05) is 19.9 Å². The van der Waals surface area contributed by atoms with Crippen LogP contribution >= 0.6 is 0 Å². The Labute approximate surface area is 119 Å². The molecule has 108 valence electrons. The van der Waals surface area contributed by atoms with Crippen LogP contribution in [0.2, 0.25) is 0 Å². The van der Waals surface area contributed by atoms with Crippen molar-refractivity contribution in [3.8, 4) is 5.75 Å². The number of ether oxygens (including phenoxy) is 1. The Hall–Kier alpha value is -1.71. The molecule has 1 aromatic rings. The van der Waals surface area contributed by atoms with Crippen LogP contribution in [0.25, 0.3) is 0 Å². The van der Waals surface area contributed by atoms with Crippen molar-refractivity contribution in [2.75, 3.05) is 18.5 Å². The minimum atomic E-state index is -0.0171. The zero-order valence-corrected chi connectivity index (χ0v) is 12.1. The molecule has 0 saturated heterocycles. The maximum Gasteiger partial charge on any atom is 0.255 e. The number of amides is 1. The summed E-state index contributed by atoms with van der Waals surface area (Å²) in [5.41, 5.74) is 1.55. The standard InChI is InChI=1S/C16H22N2O2/c1-10-6-7-13(11(10)2)18-16(19)12-4-3-5-14-15(12)20-9-8-17-14/h3-5,10-11,13,17H,6-9H2,1-2H3,(H,18,19). The molecule has 1 heterocycles. The van der Waals surface area contributed by atoms with E-state index in [0.717, 1.165) is 18.7 Å². The van der Waals surface area contributed by atoms with E-state index in [2.05, 4.69) is 24.5 Å². The lowest BCUT2D eigenvalue weighted by Crippen LogP contribution is -2.37. The van der Waals surface area contributed by atoms with Gasteiger partial charge in [-0.2, -0.15) is 0 Å². The number of nitrogens with one attached hydrogen (secondary N) is 2. The van der Waals surface area contributed by atoms with Gasteiger partial charge in [-0.3, -0.25) is 4.79 Å². The SMILES string of the molecule is CC1CCC(NC(=O)c2cccc3c2OCCN3)C1C. The van der Waals surface area contributed by atoms with Crippen LogP contribution in [-0.2, 0) is 0 Å². The molecule has 1 aliphatic carbocycles. The number of fused-ring (bicyclic) bond motifs is 1. The molecule has 0 radical (unpaired) electrons. The first kappa shape index (κ1) is 13.3. The maximum atomic E-state index is 12.5. The summed E-state index contributed by atoms with van der Waals surface area (Å²) in [5, 5.41) is 6.44. The summed E-state index contributed by atoms with van der Waals surface area (Å²) < 4.78 is 5.66. The van der Waals surface area contributed by atoms with E-state index in [9.17, 15) is 4.79 Å². The lowest BCUT2D eigenvalue weighted by atomic mass is 9.97. The Morgan fingerprint density at radius 2 is 2.20 bits per heavy atom. The normalized spacial score (nSPS) is 28.2. The molecule has 1 aliphatic heterocycles. The van der Waals surface area contributed by atoms with Crippen molar-refractivity contribution in [1.82, 2.24) is 5.32 Å². The molecule has 4 heteroatoms. The van der Waals surface area contributed by atoms with Gasteiger partial charge < -0.3 is 15.4 Å². The van der Waals surface area contributed by atoms with E-state index in [0.29, 0.717) is 29.8 Å². The van der Waals surface area contributed by atoms with Crippen molar-refractivity contribution in [2.24, 2.45) is 11.8 Å². The Morgan fingerprint density at radius 3 is 2.95 bits per heavy atom. The quantitative estimate of drug-likeness (QED) is 0.871. The first-order chi connectivity index (χ1) is 9.66. The minimum absolute atomic E-state index is 0.0171. The van der Waals surface area contributed by atoms with Gasteiger partial charge in [0.25, 0.3) is 5.91 Å². The summed E-state index contributed by atoms with van der Waals surface area (Å²) in [6.07, 6.45) is 2.26. The van der Waals surface area contributed by atoms with Crippen LogP contribution < -0.4 is 15.4 Å². The van der Waals surface area contributed by atoms with Crippen molar-refractivity contribution in [2.45, 2.75) is 32.7 Å². The highest BCUT2D eigenvalue weighted by atomic mass is 16.5. The largest absolute Gasteiger partial charge is 0.489 e. The molecule has 1 aromatic carbocycles. The summed E-state index contributed by atoms with van der Waals surface area (Å²) >= 11 is 0. The second kappa shape index (κ2) is 5.35. The number of benzene rings is 1. The minimum Gasteiger partial charge on any atom is -0.489 e. The van der Waals surface area contributed by atoms with Gasteiger partial charge in [-0.05, 0) is 36.8 Å². The van der Waals surface area contributed by atoms with Gasteiger partial charge in [0.05, 0.1) is 11.3 Å². The Morgan fingerprint density at radius 1 is 1.35 bits per heavy atom. The van der Waals surface area contributed by atoms with Gasteiger partial charge in [0, 0.05) is 12.6 Å². The second-order valence-corrected chi connectivity index (χ2v) is 5.95. The van der Waals surface area contributed by atoms with Crippen LogP contribution in [0.15, 0.2) is 18.2 Å². The molecular weight excluding hydrogens is 252 g/mol. The molecule has 4 nitrogen and oxygen atoms in total. The number of carbonyl (C=O) groups excluding carboxylic acids is 1. The predicted molar refractivity (Wildman–Crippen MR) is 79.2 cm³/mol. The summed E-state index contributed by atoms with van der Waals surface area (Å²) in [6.45, 7) is 5.87. The van der Waals surface area contributed by atoms with Gasteiger partial charge in [-0.15, -0.1) is 0 Å². The molecule has 0 bridgehead atoms. The van der Waals surface area contributed by atoms with E-state index in [1.54, 1.807) is 0 Å². The molecule has 1 saturated carbocycles. The van der Waals surface area contributed by atoms with Crippen molar-refractivity contribution in [3.05, 3.63) is 23.8 Å². The van der Waals surface area contributed by atoms with Gasteiger partial charge in [0.2, 0.25) is 0 Å². The highest BCUT2D eigenvalue weighted by Crippen LogP contribution is 2.33. The first-order valence-corrected chi connectivity index (χ1v) is 7.47. The molecule has 0 aromatic heterocycles. The van der Waals surface area contributed by atoms with E-state index in [4.69, 9.17) is 4.74 Å². The van der Waals surface area contributed by atoms with Crippen LogP contribution in [0, 0.1) is 11.8 Å². The number of rotatable bonds is 2. The van der Waals surface area contributed by atoms with E-state index >= 15 is 0 Å². The number of carbonyl (C=O) groups is 1. The zero-order valence-electron chi connectivity index (χ0n) is 12.1. The number of anilines is 1. The lowest BCUT2D eigenvalue weighted by Gasteiger charge is -2.23. The summed E-state index contributed by atoms with van der Waals surface area (Å²) in [6, 6.07) is 5.97. The number of para-hydroxylation sites is 1. The molecule has 3 atom stereocenters. The number of hydrogen-bond donors (Lipinski definition) is 2. The highest BCUT2D eigenvalue weighted by molar-refractivity contribution is 5.99. The smallest absolute Gasteiger partial charge is 0.255 e. The Bertz CT molecular complexity index is 515. The van der Waals surface area contributed by atoms with E-state index < -0.39 is 0 Å². The first-order valence-electron chi connectivity index (χ1n) is 7.47. The second-order valence-electron chi connectivity index (χ2n) is 5.95. The Balaban J connectivity index is 1.78. The third kappa shape index (κ3) is 2.35. The van der Waals surface area contributed by atoms with Crippen LogP contribution in [0.1, 0.15) is 37.0 Å². The topological polar surface area (TPSA) is 50.4 Å². The van der Waals surface area contributed by atoms with Crippen LogP contribution in [0.5, 0.6) is 5.75 Å². The van der Waals surface area contributed by atoms with Crippen LogP contribution in [0.4, 0.5) is 5.69 Å². The molecule has 2 N–H and O–H groups in total. The molecule has 3 rings (SSSR count). The Kier molecular flexibility index (Phi) is 3.55. The fraction of sp³-hybridized carbons (Fsp3) is 0.562. The van der Waals surface area contributed by atoms with Crippen molar-refractivity contribution in [3.63, 3.8) is 0 Å². The van der Waals surface area contributed by atoms with E-state index in [1.807, 2.05) is 18.2 Å². The molecule has 20 heavy (non-hydrogen) atoms. The average molecular weight is 274 g/mol. The summed E-state index contributed by atoms with van der Waals surface area (Å²) in [7, 11) is 0. The molecular formula is C16H22N2O2. The van der Waals surface area contributed by atoms with E-state index in [-0.39, 0.29) is 11.9 Å². The third-order valence-corrected chi connectivity index (χ3v) is 4.71. The monoisotopic (exact) mass is 274 g/mol. The van der Waals surface area contributed by atoms with Crippen molar-refractivity contribution in [1.29, 1.82) is 0 Å². The molecule has 1 fully saturated rings. The fourth-order valence-electron chi connectivity index (χ4n) is 3.16. The predicted octanol–water partition coefficient (Wildman–Crippen LogP) is 2.66. The zero-order chi connectivity index (χ0) is 14.1. The van der Waals surface area contributed by atoms with Gasteiger partial charge in [0.1, 0.15) is 6.61 Å². The molecule has 1 amide bonds.